The third-order valence-corrected chi connectivity index (χ3v) is 2.56. The SMILES string of the molecule is C#C[C@@H]1CN(c2cc(C)ncn2)C[C@H](C)O1. The second kappa shape index (κ2) is 4.50. The Balaban J connectivity index is 2.18. The monoisotopic (exact) mass is 217 g/mol. The highest BCUT2D eigenvalue weighted by atomic mass is 16.5. The van der Waals surface area contributed by atoms with Crippen LogP contribution in [0.1, 0.15) is 12.6 Å². The van der Waals surface area contributed by atoms with Crippen molar-refractivity contribution in [3.05, 3.63) is 18.1 Å². The highest BCUT2D eigenvalue weighted by molar-refractivity contribution is 5.40. The van der Waals surface area contributed by atoms with Crippen molar-refractivity contribution >= 4 is 5.82 Å². The van der Waals surface area contributed by atoms with Crippen molar-refractivity contribution in [3.8, 4) is 12.3 Å². The Morgan fingerprint density at radius 2 is 2.31 bits per heavy atom. The van der Waals surface area contributed by atoms with Crippen LogP contribution >= 0.6 is 0 Å². The lowest BCUT2D eigenvalue weighted by atomic mass is 10.2. The van der Waals surface area contributed by atoms with Crippen molar-refractivity contribution in [3.63, 3.8) is 0 Å². The van der Waals surface area contributed by atoms with Crippen LogP contribution in [-0.2, 0) is 4.74 Å². The lowest BCUT2D eigenvalue weighted by Crippen LogP contribution is -2.46. The summed E-state index contributed by atoms with van der Waals surface area (Å²) < 4.78 is 5.60. The number of hydrogen-bond acceptors (Lipinski definition) is 4. The first-order valence-electron chi connectivity index (χ1n) is 5.34. The minimum absolute atomic E-state index is 0.130. The molecule has 1 aliphatic rings. The van der Waals surface area contributed by atoms with Gasteiger partial charge in [0.25, 0.3) is 0 Å². The number of nitrogens with zero attached hydrogens (tertiary/aromatic N) is 3. The predicted molar refractivity (Wildman–Crippen MR) is 62.2 cm³/mol. The van der Waals surface area contributed by atoms with Gasteiger partial charge in [-0.2, -0.15) is 0 Å². The fraction of sp³-hybridized carbons (Fsp3) is 0.500. The normalized spacial score (nSPS) is 25.2. The number of morpholine rings is 1. The van der Waals surface area contributed by atoms with Crippen LogP contribution in [0.5, 0.6) is 0 Å². The Bertz CT molecular complexity index is 413. The summed E-state index contributed by atoms with van der Waals surface area (Å²) in [5.41, 5.74) is 0.960. The van der Waals surface area contributed by atoms with Crippen LogP contribution in [0.3, 0.4) is 0 Å². The molecule has 1 fully saturated rings. The predicted octanol–water partition coefficient (Wildman–Crippen LogP) is 1.01. The van der Waals surface area contributed by atoms with Crippen LogP contribution in [0.4, 0.5) is 5.82 Å². The standard InChI is InChI=1S/C12H15N3O/c1-4-11-7-15(6-10(3)16-11)12-5-9(2)13-8-14-12/h1,5,8,10-11H,6-7H2,2-3H3/t10-,11+/m0/s1. The number of aryl methyl sites for hydroxylation is 1. The summed E-state index contributed by atoms with van der Waals surface area (Å²) >= 11 is 0. The maximum atomic E-state index is 5.60. The van der Waals surface area contributed by atoms with Gasteiger partial charge in [-0.05, 0) is 13.8 Å². The van der Waals surface area contributed by atoms with Crippen LogP contribution in [0, 0.1) is 19.3 Å². The topological polar surface area (TPSA) is 38.2 Å². The van der Waals surface area contributed by atoms with Gasteiger partial charge in [-0.25, -0.2) is 9.97 Å². The van der Waals surface area contributed by atoms with Gasteiger partial charge in [0.2, 0.25) is 0 Å². The van der Waals surface area contributed by atoms with E-state index in [-0.39, 0.29) is 12.2 Å². The minimum Gasteiger partial charge on any atom is -0.359 e. The Hall–Kier alpha value is -1.60. The van der Waals surface area contributed by atoms with Gasteiger partial charge >= 0.3 is 0 Å². The molecule has 2 rings (SSSR count). The zero-order valence-electron chi connectivity index (χ0n) is 9.55. The van der Waals surface area contributed by atoms with E-state index in [1.807, 2.05) is 19.9 Å². The molecule has 0 radical (unpaired) electrons. The number of rotatable bonds is 1. The van der Waals surface area contributed by atoms with Gasteiger partial charge in [0.1, 0.15) is 18.2 Å². The van der Waals surface area contributed by atoms with Crippen molar-refractivity contribution < 1.29 is 4.74 Å². The number of aromatic nitrogens is 2. The van der Waals surface area contributed by atoms with Gasteiger partial charge < -0.3 is 9.64 Å². The zero-order valence-corrected chi connectivity index (χ0v) is 9.55. The Kier molecular flexibility index (Phi) is 3.07. The molecule has 0 unspecified atom stereocenters. The van der Waals surface area contributed by atoms with Crippen molar-refractivity contribution in [1.82, 2.24) is 9.97 Å². The molecule has 2 atom stereocenters. The average molecular weight is 217 g/mol. The van der Waals surface area contributed by atoms with E-state index in [1.165, 1.54) is 0 Å². The second-order valence-corrected chi connectivity index (χ2v) is 4.02. The van der Waals surface area contributed by atoms with Gasteiger partial charge in [0, 0.05) is 18.3 Å². The molecule has 1 aliphatic heterocycles. The summed E-state index contributed by atoms with van der Waals surface area (Å²) in [4.78, 5) is 10.5. The molecule has 1 aromatic heterocycles. The Morgan fingerprint density at radius 1 is 1.50 bits per heavy atom. The molecule has 0 spiro atoms. The highest BCUT2D eigenvalue weighted by Gasteiger charge is 2.24. The van der Waals surface area contributed by atoms with E-state index in [0.717, 1.165) is 18.1 Å². The maximum Gasteiger partial charge on any atom is 0.135 e. The molecule has 4 nitrogen and oxygen atoms in total. The van der Waals surface area contributed by atoms with E-state index in [1.54, 1.807) is 6.33 Å². The first kappa shape index (κ1) is 10.9. The average Bonchev–Trinajstić information content (AvgIpc) is 2.28. The van der Waals surface area contributed by atoms with Gasteiger partial charge in [0.05, 0.1) is 12.6 Å². The van der Waals surface area contributed by atoms with Gasteiger partial charge in [-0.1, -0.05) is 5.92 Å². The third kappa shape index (κ3) is 2.31. The van der Waals surface area contributed by atoms with E-state index in [9.17, 15) is 0 Å². The van der Waals surface area contributed by atoms with Crippen LogP contribution in [-0.4, -0.2) is 35.3 Å². The third-order valence-electron chi connectivity index (χ3n) is 2.56. The first-order valence-corrected chi connectivity index (χ1v) is 5.34. The quantitative estimate of drug-likeness (QED) is 0.658. The summed E-state index contributed by atoms with van der Waals surface area (Å²) in [6.45, 7) is 5.48. The molecule has 0 bridgehead atoms. The molecule has 0 aromatic carbocycles. The lowest BCUT2D eigenvalue weighted by molar-refractivity contribution is 0.0151. The molecule has 4 heteroatoms. The van der Waals surface area contributed by atoms with E-state index < -0.39 is 0 Å². The highest BCUT2D eigenvalue weighted by Crippen LogP contribution is 2.17. The molecular weight excluding hydrogens is 202 g/mol. The molecule has 0 aliphatic carbocycles. The van der Waals surface area contributed by atoms with E-state index in [2.05, 4.69) is 20.8 Å². The largest absolute Gasteiger partial charge is 0.359 e. The first-order chi connectivity index (χ1) is 7.69. The molecule has 1 saturated heterocycles. The van der Waals surface area contributed by atoms with Gasteiger partial charge in [-0.15, -0.1) is 6.42 Å². The summed E-state index contributed by atoms with van der Waals surface area (Å²) in [5, 5.41) is 0. The van der Waals surface area contributed by atoms with Crippen molar-refractivity contribution in [1.29, 1.82) is 0 Å². The summed E-state index contributed by atoms with van der Waals surface area (Å²) in [6.07, 6.45) is 6.96. The molecule has 0 N–H and O–H groups in total. The smallest absolute Gasteiger partial charge is 0.135 e. The molecular formula is C12H15N3O. The molecule has 16 heavy (non-hydrogen) atoms. The van der Waals surface area contributed by atoms with Crippen molar-refractivity contribution in [2.75, 3.05) is 18.0 Å². The summed E-state index contributed by atoms with van der Waals surface area (Å²) in [7, 11) is 0. The van der Waals surface area contributed by atoms with Gasteiger partial charge in [0.15, 0.2) is 0 Å². The molecule has 1 aromatic rings. The Labute approximate surface area is 95.7 Å². The fourth-order valence-corrected chi connectivity index (χ4v) is 1.84. The number of hydrogen-bond donors (Lipinski definition) is 0. The molecule has 2 heterocycles. The van der Waals surface area contributed by atoms with Crippen LogP contribution in [0.25, 0.3) is 0 Å². The van der Waals surface area contributed by atoms with Crippen molar-refractivity contribution in [2.24, 2.45) is 0 Å². The zero-order chi connectivity index (χ0) is 11.5. The number of anilines is 1. The molecule has 0 amide bonds. The maximum absolute atomic E-state index is 5.60. The van der Waals surface area contributed by atoms with Crippen LogP contribution < -0.4 is 4.90 Å². The van der Waals surface area contributed by atoms with E-state index in [0.29, 0.717) is 6.54 Å². The molecule has 84 valence electrons. The second-order valence-electron chi connectivity index (χ2n) is 4.02. The number of ether oxygens (including phenoxy) is 1. The summed E-state index contributed by atoms with van der Waals surface area (Å²) in [5.74, 6) is 3.56. The van der Waals surface area contributed by atoms with E-state index in [4.69, 9.17) is 11.2 Å². The van der Waals surface area contributed by atoms with Crippen molar-refractivity contribution in [2.45, 2.75) is 26.1 Å². The number of terminal acetylenes is 1. The van der Waals surface area contributed by atoms with Crippen LogP contribution in [0.15, 0.2) is 12.4 Å². The van der Waals surface area contributed by atoms with E-state index >= 15 is 0 Å². The lowest BCUT2D eigenvalue weighted by Gasteiger charge is -2.35. The minimum atomic E-state index is -0.154. The Morgan fingerprint density at radius 3 is 3.00 bits per heavy atom. The fourth-order valence-electron chi connectivity index (χ4n) is 1.84. The van der Waals surface area contributed by atoms with Crippen LogP contribution in [0.2, 0.25) is 0 Å². The van der Waals surface area contributed by atoms with Gasteiger partial charge in [-0.3, -0.25) is 0 Å². The summed E-state index contributed by atoms with van der Waals surface area (Å²) in [6, 6.07) is 1.96. The molecule has 0 saturated carbocycles.